The van der Waals surface area contributed by atoms with Crippen molar-refractivity contribution in [2.24, 2.45) is 0 Å². The summed E-state index contributed by atoms with van der Waals surface area (Å²) in [6.07, 6.45) is -0.292. The summed E-state index contributed by atoms with van der Waals surface area (Å²) in [5, 5.41) is 8.64. The van der Waals surface area contributed by atoms with Crippen LogP contribution in [0.25, 0.3) is 0 Å². The number of nitrogens with one attached hydrogen (secondary N) is 3. The summed E-state index contributed by atoms with van der Waals surface area (Å²) in [7, 11) is 0. The SMILES string of the molecule is Cc1ccc2c(c1)N(CC(=O)NC(C)(C)C)C(=O)C(NC(=O)[C@H](Cc1ccccc1)NC(=O)OC(C)(C)C)CC2c1ccccc1. The number of ether oxygens (including phenoxy) is 1. The Hall–Kier alpha value is -4.66. The number of benzene rings is 3. The minimum atomic E-state index is -1.02. The molecule has 4 amide bonds. The van der Waals surface area contributed by atoms with Crippen LogP contribution >= 0.6 is 0 Å². The molecule has 4 rings (SSSR count). The first-order chi connectivity index (χ1) is 21.6. The molecule has 244 valence electrons. The summed E-state index contributed by atoms with van der Waals surface area (Å²) in [4.78, 5) is 56.1. The van der Waals surface area contributed by atoms with Crippen LogP contribution in [0.5, 0.6) is 0 Å². The van der Waals surface area contributed by atoms with Gasteiger partial charge in [0.2, 0.25) is 17.7 Å². The van der Waals surface area contributed by atoms with Crippen molar-refractivity contribution < 1.29 is 23.9 Å². The Balaban J connectivity index is 1.72. The summed E-state index contributed by atoms with van der Waals surface area (Å²) >= 11 is 0. The molecule has 3 aromatic rings. The van der Waals surface area contributed by atoms with Gasteiger partial charge in [-0.1, -0.05) is 72.8 Å². The van der Waals surface area contributed by atoms with E-state index in [0.717, 1.165) is 22.3 Å². The molecule has 46 heavy (non-hydrogen) atoms. The zero-order valence-corrected chi connectivity index (χ0v) is 27.8. The van der Waals surface area contributed by atoms with Crippen LogP contribution in [0.4, 0.5) is 10.5 Å². The maximum Gasteiger partial charge on any atom is 0.408 e. The van der Waals surface area contributed by atoms with E-state index in [2.05, 4.69) is 16.0 Å². The van der Waals surface area contributed by atoms with Gasteiger partial charge in [0.15, 0.2) is 0 Å². The van der Waals surface area contributed by atoms with Gasteiger partial charge in [-0.25, -0.2) is 4.79 Å². The lowest BCUT2D eigenvalue weighted by molar-refractivity contribution is -0.129. The zero-order chi connectivity index (χ0) is 33.6. The molecule has 3 aromatic carbocycles. The van der Waals surface area contributed by atoms with Gasteiger partial charge in [-0.05, 0) is 83.2 Å². The van der Waals surface area contributed by atoms with Crippen LogP contribution in [-0.4, -0.2) is 53.6 Å². The van der Waals surface area contributed by atoms with Crippen LogP contribution in [-0.2, 0) is 25.5 Å². The Morgan fingerprint density at radius 3 is 2.15 bits per heavy atom. The lowest BCUT2D eigenvalue weighted by Gasteiger charge is -2.29. The average Bonchev–Trinajstić information content (AvgIpc) is 3.06. The van der Waals surface area contributed by atoms with E-state index < -0.39 is 41.1 Å². The lowest BCUT2D eigenvalue weighted by Crippen LogP contribution is -2.56. The van der Waals surface area contributed by atoms with Gasteiger partial charge in [-0.3, -0.25) is 14.4 Å². The monoisotopic (exact) mass is 626 g/mol. The molecule has 0 saturated carbocycles. The summed E-state index contributed by atoms with van der Waals surface area (Å²) in [5.74, 6) is -1.50. The van der Waals surface area contributed by atoms with Crippen molar-refractivity contribution >= 4 is 29.5 Å². The molecule has 0 bridgehead atoms. The predicted octanol–water partition coefficient (Wildman–Crippen LogP) is 5.40. The van der Waals surface area contributed by atoms with E-state index in [-0.39, 0.29) is 31.2 Å². The van der Waals surface area contributed by atoms with Gasteiger partial charge in [0, 0.05) is 23.6 Å². The second-order valence-electron chi connectivity index (χ2n) is 13.9. The number of hydrogen-bond donors (Lipinski definition) is 3. The molecule has 3 atom stereocenters. The van der Waals surface area contributed by atoms with Crippen molar-refractivity contribution in [1.29, 1.82) is 0 Å². The zero-order valence-electron chi connectivity index (χ0n) is 27.8. The summed E-state index contributed by atoms with van der Waals surface area (Å²) < 4.78 is 5.47. The van der Waals surface area contributed by atoms with Gasteiger partial charge in [-0.15, -0.1) is 0 Å². The number of aryl methyl sites for hydroxylation is 1. The first kappa shape index (κ1) is 34.2. The maximum atomic E-state index is 14.4. The molecule has 0 aliphatic carbocycles. The van der Waals surface area contributed by atoms with Gasteiger partial charge in [-0.2, -0.15) is 0 Å². The number of nitrogens with zero attached hydrogens (tertiary/aromatic N) is 1. The standard InChI is InChI=1S/C37H46N4O5/c1-24-18-19-27-28(26-16-12-9-13-17-26)22-30(34(44)41(31(27)20-24)23-32(42)40-36(2,3)4)38-33(43)29(21-25-14-10-8-11-15-25)39-35(45)46-37(5,6)7/h8-20,28-30H,21-23H2,1-7H3,(H,38,43)(H,39,45)(H,40,42)/t28?,29-,30?/m0/s1. The third-order valence-electron chi connectivity index (χ3n) is 7.51. The highest BCUT2D eigenvalue weighted by molar-refractivity contribution is 6.05. The van der Waals surface area contributed by atoms with Crippen molar-refractivity contribution in [3.63, 3.8) is 0 Å². The first-order valence-electron chi connectivity index (χ1n) is 15.7. The van der Waals surface area contributed by atoms with Crippen molar-refractivity contribution in [1.82, 2.24) is 16.0 Å². The third-order valence-corrected chi connectivity index (χ3v) is 7.51. The second kappa shape index (κ2) is 14.2. The van der Waals surface area contributed by atoms with Crippen LogP contribution in [0.3, 0.4) is 0 Å². The predicted molar refractivity (Wildman–Crippen MR) is 180 cm³/mol. The number of amides is 4. The van der Waals surface area contributed by atoms with Gasteiger partial charge in [0.05, 0.1) is 0 Å². The van der Waals surface area contributed by atoms with E-state index >= 15 is 0 Å². The van der Waals surface area contributed by atoms with Crippen LogP contribution in [0.2, 0.25) is 0 Å². The van der Waals surface area contributed by atoms with Crippen LogP contribution in [0.15, 0.2) is 78.9 Å². The molecule has 0 aromatic heterocycles. The summed E-state index contributed by atoms with van der Waals surface area (Å²) in [5.41, 5.74) is 3.00. The van der Waals surface area contributed by atoms with E-state index in [4.69, 9.17) is 4.74 Å². The summed E-state index contributed by atoms with van der Waals surface area (Å²) in [6.45, 7) is 12.6. The molecule has 9 nitrogen and oxygen atoms in total. The highest BCUT2D eigenvalue weighted by atomic mass is 16.6. The van der Waals surface area contributed by atoms with Crippen LogP contribution < -0.4 is 20.9 Å². The molecule has 9 heteroatoms. The van der Waals surface area contributed by atoms with E-state index in [0.29, 0.717) is 5.69 Å². The first-order valence-corrected chi connectivity index (χ1v) is 15.7. The number of carbonyl (C=O) groups is 4. The van der Waals surface area contributed by atoms with Crippen LogP contribution in [0, 0.1) is 6.92 Å². The lowest BCUT2D eigenvalue weighted by atomic mass is 9.85. The Morgan fingerprint density at radius 2 is 1.54 bits per heavy atom. The quantitative estimate of drug-likeness (QED) is 0.310. The molecule has 1 aliphatic rings. The van der Waals surface area contributed by atoms with E-state index in [9.17, 15) is 19.2 Å². The largest absolute Gasteiger partial charge is 0.444 e. The molecular weight excluding hydrogens is 580 g/mol. The van der Waals surface area contributed by atoms with Crippen molar-refractivity contribution in [2.45, 2.75) is 90.4 Å². The molecule has 0 saturated heterocycles. The third kappa shape index (κ3) is 9.42. The number of rotatable bonds is 8. The topological polar surface area (TPSA) is 117 Å². The Morgan fingerprint density at radius 1 is 0.913 bits per heavy atom. The highest BCUT2D eigenvalue weighted by Crippen LogP contribution is 2.39. The minimum absolute atomic E-state index is 0.187. The van der Waals surface area contributed by atoms with Gasteiger partial charge >= 0.3 is 6.09 Å². The molecule has 1 heterocycles. The van der Waals surface area contributed by atoms with Gasteiger partial charge in [0.1, 0.15) is 24.2 Å². The van der Waals surface area contributed by atoms with Gasteiger partial charge in [0.25, 0.3) is 0 Å². The fourth-order valence-corrected chi connectivity index (χ4v) is 5.62. The highest BCUT2D eigenvalue weighted by Gasteiger charge is 2.39. The van der Waals surface area contributed by atoms with E-state index in [1.807, 2.05) is 107 Å². The molecular formula is C37H46N4O5. The van der Waals surface area contributed by atoms with Crippen molar-refractivity contribution in [3.8, 4) is 0 Å². The maximum absolute atomic E-state index is 14.4. The fourth-order valence-electron chi connectivity index (χ4n) is 5.62. The molecule has 0 fully saturated rings. The minimum Gasteiger partial charge on any atom is -0.444 e. The van der Waals surface area contributed by atoms with Crippen molar-refractivity contribution in [2.75, 3.05) is 11.4 Å². The Kier molecular flexibility index (Phi) is 10.6. The Labute approximate surface area is 272 Å². The normalized spacial score (nSPS) is 17.3. The average molecular weight is 627 g/mol. The molecule has 0 radical (unpaired) electrons. The number of alkyl carbamates (subject to hydrolysis) is 1. The number of fused-ring (bicyclic) bond motifs is 1. The summed E-state index contributed by atoms with van der Waals surface area (Å²) in [6, 6.07) is 23.0. The van der Waals surface area contributed by atoms with Crippen molar-refractivity contribution in [3.05, 3.63) is 101 Å². The number of hydrogen-bond acceptors (Lipinski definition) is 5. The van der Waals surface area contributed by atoms with Crippen LogP contribution in [0.1, 0.15) is 76.1 Å². The Bertz CT molecular complexity index is 1540. The van der Waals surface area contributed by atoms with E-state index in [1.54, 1.807) is 20.8 Å². The second-order valence-corrected chi connectivity index (χ2v) is 13.9. The number of anilines is 1. The van der Waals surface area contributed by atoms with E-state index in [1.165, 1.54) is 4.90 Å². The number of carbonyl (C=O) groups excluding carboxylic acids is 4. The molecule has 0 spiro atoms. The molecule has 1 aliphatic heterocycles. The molecule has 3 N–H and O–H groups in total. The molecule has 2 unspecified atom stereocenters. The smallest absolute Gasteiger partial charge is 0.408 e. The fraction of sp³-hybridized carbons (Fsp3) is 0.405. The van der Waals surface area contributed by atoms with Gasteiger partial charge < -0.3 is 25.6 Å².